The maximum absolute atomic E-state index is 12.1. The monoisotopic (exact) mass is 312 g/mol. The average molecular weight is 313 g/mol. The first-order valence-electron chi connectivity index (χ1n) is 7.13. The minimum atomic E-state index is -0.337. The van der Waals surface area contributed by atoms with Crippen LogP contribution < -0.4 is 15.8 Å². The van der Waals surface area contributed by atoms with Gasteiger partial charge in [-0.3, -0.25) is 4.79 Å². The second-order valence-corrected chi connectivity index (χ2v) is 5.46. The van der Waals surface area contributed by atoms with E-state index in [0.717, 1.165) is 19.4 Å². The van der Waals surface area contributed by atoms with Gasteiger partial charge in [-0.15, -0.1) is 6.58 Å². The number of aromatic nitrogens is 2. The number of allylic oxidation sites excluding steroid dienone is 1. The van der Waals surface area contributed by atoms with Crippen LogP contribution in [-0.4, -0.2) is 47.2 Å². The minimum absolute atomic E-state index is 0.00120. The van der Waals surface area contributed by atoms with Gasteiger partial charge in [-0.2, -0.15) is 5.10 Å². The van der Waals surface area contributed by atoms with Crippen LogP contribution in [0.15, 0.2) is 23.6 Å². The summed E-state index contributed by atoms with van der Waals surface area (Å²) in [6.45, 7) is 6.04. The average Bonchev–Trinajstić information content (AvgIpc) is 2.97. The highest BCUT2D eigenvalue weighted by Gasteiger charge is 2.21. The lowest BCUT2D eigenvalue weighted by atomic mass is 10.2. The van der Waals surface area contributed by atoms with Gasteiger partial charge in [0.25, 0.3) is 5.56 Å². The van der Waals surface area contributed by atoms with Crippen molar-refractivity contribution < 1.29 is 5.11 Å². The molecule has 0 amide bonds. The van der Waals surface area contributed by atoms with Crippen LogP contribution in [-0.2, 0) is 6.54 Å². The van der Waals surface area contributed by atoms with Gasteiger partial charge in [0.05, 0.1) is 25.0 Å². The van der Waals surface area contributed by atoms with Crippen molar-refractivity contribution in [2.75, 3.05) is 31.1 Å². The fourth-order valence-electron chi connectivity index (χ4n) is 2.54. The molecule has 0 bridgehead atoms. The summed E-state index contributed by atoms with van der Waals surface area (Å²) in [5.41, 5.74) is 0.237. The Morgan fingerprint density at radius 3 is 3.10 bits per heavy atom. The summed E-state index contributed by atoms with van der Waals surface area (Å²) >= 11 is 6.20. The van der Waals surface area contributed by atoms with Crippen LogP contribution >= 0.6 is 11.6 Å². The Bertz CT molecular complexity index is 540. The quantitative estimate of drug-likeness (QED) is 0.723. The van der Waals surface area contributed by atoms with E-state index in [1.807, 2.05) is 4.90 Å². The van der Waals surface area contributed by atoms with E-state index >= 15 is 0 Å². The Labute approximate surface area is 129 Å². The zero-order valence-corrected chi connectivity index (χ0v) is 12.7. The minimum Gasteiger partial charge on any atom is -0.395 e. The van der Waals surface area contributed by atoms with Gasteiger partial charge in [0.1, 0.15) is 5.02 Å². The second-order valence-electron chi connectivity index (χ2n) is 5.08. The summed E-state index contributed by atoms with van der Waals surface area (Å²) in [6, 6.07) is 0.350. The van der Waals surface area contributed by atoms with Gasteiger partial charge in [0, 0.05) is 19.1 Å². The number of aliphatic hydroxyl groups is 1. The summed E-state index contributed by atoms with van der Waals surface area (Å²) in [5.74, 6) is 0. The van der Waals surface area contributed by atoms with Crippen LogP contribution in [0, 0.1) is 0 Å². The maximum Gasteiger partial charge on any atom is 0.287 e. The molecule has 0 saturated carbocycles. The van der Waals surface area contributed by atoms with Crippen molar-refractivity contribution in [3.8, 4) is 0 Å². The predicted molar refractivity (Wildman–Crippen MR) is 84.0 cm³/mol. The maximum atomic E-state index is 12.1. The number of hydrogen-bond donors (Lipinski definition) is 2. The number of nitrogens with zero attached hydrogens (tertiary/aromatic N) is 3. The highest BCUT2D eigenvalue weighted by Crippen LogP contribution is 2.22. The molecule has 1 saturated heterocycles. The van der Waals surface area contributed by atoms with Crippen molar-refractivity contribution in [3.63, 3.8) is 0 Å². The largest absolute Gasteiger partial charge is 0.395 e. The lowest BCUT2D eigenvalue weighted by Gasteiger charge is -2.27. The lowest BCUT2D eigenvalue weighted by Crippen LogP contribution is -2.40. The van der Waals surface area contributed by atoms with Gasteiger partial charge in [-0.1, -0.05) is 17.7 Å². The molecule has 2 rings (SSSR count). The molecular weight excluding hydrogens is 292 g/mol. The zero-order chi connectivity index (χ0) is 15.2. The van der Waals surface area contributed by atoms with Gasteiger partial charge in [0.2, 0.25) is 0 Å². The fraction of sp³-hybridized carbons (Fsp3) is 0.571. The molecule has 0 aromatic carbocycles. The summed E-state index contributed by atoms with van der Waals surface area (Å²) in [7, 11) is 0. The molecule has 1 aliphatic rings. The molecule has 21 heavy (non-hydrogen) atoms. The molecule has 1 atom stereocenters. The molecule has 1 fully saturated rings. The van der Waals surface area contributed by atoms with Gasteiger partial charge in [-0.05, 0) is 19.4 Å². The van der Waals surface area contributed by atoms with E-state index in [2.05, 4.69) is 17.0 Å². The number of halogens is 1. The molecule has 2 heterocycles. The van der Waals surface area contributed by atoms with E-state index in [0.29, 0.717) is 31.4 Å². The second kappa shape index (κ2) is 7.59. The van der Waals surface area contributed by atoms with Crippen molar-refractivity contribution in [1.82, 2.24) is 15.1 Å². The molecule has 1 aliphatic heterocycles. The molecule has 6 nitrogen and oxygen atoms in total. The molecule has 0 spiro atoms. The smallest absolute Gasteiger partial charge is 0.287 e. The van der Waals surface area contributed by atoms with Crippen LogP contribution in [0.3, 0.4) is 0 Å². The molecule has 1 aromatic rings. The number of nitrogens with one attached hydrogen (secondary N) is 1. The van der Waals surface area contributed by atoms with Crippen LogP contribution in [0.1, 0.15) is 12.8 Å². The van der Waals surface area contributed by atoms with Crippen molar-refractivity contribution in [3.05, 3.63) is 34.2 Å². The molecule has 1 aromatic heterocycles. The van der Waals surface area contributed by atoms with Crippen molar-refractivity contribution in [1.29, 1.82) is 0 Å². The van der Waals surface area contributed by atoms with E-state index in [1.165, 1.54) is 4.68 Å². The van der Waals surface area contributed by atoms with Crippen molar-refractivity contribution in [2.24, 2.45) is 0 Å². The molecule has 0 radical (unpaired) electrons. The van der Waals surface area contributed by atoms with Crippen LogP contribution in [0.2, 0.25) is 5.02 Å². The Balaban J connectivity index is 2.24. The first kappa shape index (κ1) is 16.0. The van der Waals surface area contributed by atoms with E-state index in [-0.39, 0.29) is 17.2 Å². The van der Waals surface area contributed by atoms with Crippen molar-refractivity contribution in [2.45, 2.75) is 25.4 Å². The summed E-state index contributed by atoms with van der Waals surface area (Å²) in [5, 5.41) is 16.9. The third-order valence-corrected chi connectivity index (χ3v) is 3.94. The number of anilines is 1. The topological polar surface area (TPSA) is 70.4 Å². The SMILES string of the molecule is C=CCn1ncc(N(CCO)CC2CCCN2)c(Cl)c1=O. The first-order valence-corrected chi connectivity index (χ1v) is 7.51. The predicted octanol–water partition coefficient (Wildman–Crippen LogP) is 0.633. The Hall–Kier alpha value is -1.37. The molecule has 1 unspecified atom stereocenters. The van der Waals surface area contributed by atoms with Gasteiger partial charge < -0.3 is 15.3 Å². The highest BCUT2D eigenvalue weighted by atomic mass is 35.5. The molecule has 116 valence electrons. The van der Waals surface area contributed by atoms with Crippen molar-refractivity contribution >= 4 is 17.3 Å². The molecule has 0 aliphatic carbocycles. The Morgan fingerprint density at radius 2 is 2.48 bits per heavy atom. The zero-order valence-electron chi connectivity index (χ0n) is 12.0. The van der Waals surface area contributed by atoms with E-state index in [4.69, 9.17) is 11.6 Å². The lowest BCUT2D eigenvalue weighted by molar-refractivity contribution is 0.300. The van der Waals surface area contributed by atoms with Gasteiger partial charge >= 0.3 is 0 Å². The summed E-state index contributed by atoms with van der Waals surface area (Å²) in [4.78, 5) is 14.1. The Morgan fingerprint density at radius 1 is 1.67 bits per heavy atom. The summed E-state index contributed by atoms with van der Waals surface area (Å²) in [6.07, 6.45) is 5.40. The summed E-state index contributed by atoms with van der Waals surface area (Å²) < 4.78 is 1.27. The normalized spacial score (nSPS) is 17.9. The highest BCUT2D eigenvalue weighted by molar-refractivity contribution is 6.33. The third kappa shape index (κ3) is 3.84. The van der Waals surface area contributed by atoms with Gasteiger partial charge in [-0.25, -0.2) is 4.68 Å². The molecule has 2 N–H and O–H groups in total. The third-order valence-electron chi connectivity index (χ3n) is 3.58. The molecular formula is C14H21ClN4O2. The standard InChI is InChI=1S/C14H21ClN4O2/c1-2-6-19-14(21)13(15)12(9-17-19)18(7-8-20)10-11-4-3-5-16-11/h2,9,11,16,20H,1,3-8,10H2. The van der Waals surface area contributed by atoms with Crippen LogP contribution in [0.4, 0.5) is 5.69 Å². The van der Waals surface area contributed by atoms with E-state index in [9.17, 15) is 9.90 Å². The fourth-order valence-corrected chi connectivity index (χ4v) is 2.80. The van der Waals surface area contributed by atoms with Crippen LogP contribution in [0.5, 0.6) is 0 Å². The number of aliphatic hydroxyl groups excluding tert-OH is 1. The number of rotatable bonds is 7. The number of hydrogen-bond acceptors (Lipinski definition) is 5. The van der Waals surface area contributed by atoms with Crippen LogP contribution in [0.25, 0.3) is 0 Å². The van der Waals surface area contributed by atoms with Gasteiger partial charge in [0.15, 0.2) is 0 Å². The molecule has 7 heteroatoms. The Kier molecular flexibility index (Phi) is 5.78. The van der Waals surface area contributed by atoms with E-state index in [1.54, 1.807) is 12.3 Å². The van der Waals surface area contributed by atoms with E-state index < -0.39 is 0 Å². The first-order chi connectivity index (χ1) is 10.2.